The number of hydrogen-bond acceptors (Lipinski definition) is 1. The first-order chi connectivity index (χ1) is 31.4. The van der Waals surface area contributed by atoms with Crippen LogP contribution >= 0.6 is 0 Å². The highest BCUT2D eigenvalue weighted by Crippen LogP contribution is 2.56. The fraction of sp³-hybridized carbons (Fsp3) is 0.0794. The lowest BCUT2D eigenvalue weighted by atomic mass is 9.74. The van der Waals surface area contributed by atoms with Crippen LogP contribution < -0.4 is 4.90 Å². The highest BCUT2D eigenvalue weighted by molar-refractivity contribution is 6.08. The molecule has 0 spiro atoms. The van der Waals surface area contributed by atoms with Gasteiger partial charge in [0, 0.05) is 33.0 Å². The van der Waals surface area contributed by atoms with Gasteiger partial charge in [-0.15, -0.1) is 0 Å². The molecule has 0 aromatic heterocycles. The van der Waals surface area contributed by atoms with Crippen molar-refractivity contribution in [2.45, 2.75) is 31.6 Å². The van der Waals surface area contributed by atoms with Crippen molar-refractivity contribution >= 4 is 27.8 Å². The number of rotatable bonds is 7. The summed E-state index contributed by atoms with van der Waals surface area (Å²) < 4.78 is 0. The van der Waals surface area contributed by atoms with Crippen molar-refractivity contribution in [1.82, 2.24) is 0 Å². The van der Waals surface area contributed by atoms with Gasteiger partial charge >= 0.3 is 0 Å². The van der Waals surface area contributed by atoms with Gasteiger partial charge in [-0.3, -0.25) is 0 Å². The number of para-hydroxylation sites is 1. The highest BCUT2D eigenvalue weighted by Gasteiger charge is 2.41. The Morgan fingerprint density at radius 1 is 0.344 bits per heavy atom. The van der Waals surface area contributed by atoms with Crippen molar-refractivity contribution in [3.63, 3.8) is 0 Å². The molecule has 12 rings (SSSR count). The van der Waals surface area contributed by atoms with E-state index >= 15 is 0 Å². The molecule has 1 unspecified atom stereocenters. The van der Waals surface area contributed by atoms with Crippen LogP contribution in [0.2, 0.25) is 0 Å². The van der Waals surface area contributed by atoms with Crippen LogP contribution in [0.15, 0.2) is 231 Å². The summed E-state index contributed by atoms with van der Waals surface area (Å²) in [5.41, 5.74) is 22.2. The molecule has 0 saturated carbocycles. The molecule has 1 nitrogen and oxygen atoms in total. The Morgan fingerprint density at radius 2 is 0.891 bits per heavy atom. The maximum Gasteiger partial charge on any atom is 0.0618 e. The average Bonchev–Trinajstić information content (AvgIpc) is 3.76. The third-order valence-corrected chi connectivity index (χ3v) is 14.3. The Bertz CT molecular complexity index is 3410. The second kappa shape index (κ2) is 14.7. The van der Waals surface area contributed by atoms with Gasteiger partial charge in [-0.25, -0.2) is 0 Å². The molecule has 10 aromatic carbocycles. The van der Waals surface area contributed by atoms with E-state index in [1.54, 1.807) is 0 Å². The number of benzene rings is 10. The van der Waals surface area contributed by atoms with Crippen LogP contribution in [-0.4, -0.2) is 0 Å². The first kappa shape index (κ1) is 38.0. The van der Waals surface area contributed by atoms with Crippen molar-refractivity contribution in [2.24, 2.45) is 0 Å². The van der Waals surface area contributed by atoms with Gasteiger partial charge < -0.3 is 4.90 Å². The summed E-state index contributed by atoms with van der Waals surface area (Å²) in [4.78, 5) is 2.53. The SMILES string of the molecule is CC1(C)c2ccccc2-c2cccc(-c3ccccc3N(c3ccc(-c4ccc5c(c4)C(C)(c4ccccc4)c4ccccc4-5)cc3)c3c(-c4ccccc4)ccc4ccccc34)c21. The summed E-state index contributed by atoms with van der Waals surface area (Å²) in [7, 11) is 0. The molecule has 0 aliphatic heterocycles. The van der Waals surface area contributed by atoms with Crippen molar-refractivity contribution in [3.05, 3.63) is 258 Å². The van der Waals surface area contributed by atoms with E-state index in [4.69, 9.17) is 0 Å². The zero-order valence-electron chi connectivity index (χ0n) is 36.4. The molecule has 0 bridgehead atoms. The van der Waals surface area contributed by atoms with Crippen molar-refractivity contribution < 1.29 is 0 Å². The third-order valence-electron chi connectivity index (χ3n) is 14.3. The lowest BCUT2D eigenvalue weighted by Crippen LogP contribution is -2.22. The summed E-state index contributed by atoms with van der Waals surface area (Å²) in [6.45, 7) is 7.17. The topological polar surface area (TPSA) is 3.24 Å². The predicted octanol–water partition coefficient (Wildman–Crippen LogP) is 17.0. The van der Waals surface area contributed by atoms with Gasteiger partial charge in [0.25, 0.3) is 0 Å². The molecule has 0 fully saturated rings. The van der Waals surface area contributed by atoms with E-state index in [0.29, 0.717) is 0 Å². The average molecular weight is 818 g/mol. The standard InChI is InChI=1S/C63H47N/c1-62(2)56-30-15-12-26-51(56)54-28-18-29-55(60(54)62)53-27-14-17-32-59(53)64(61-48-24-11-10-21-44(48)35-39-49(61)43-19-6-4-7-20-43)47-37-33-42(34-38-47)45-36-40-52-50-25-13-16-31-57(50)63(3,58(52)41-45)46-22-8-5-9-23-46/h4-41H,1-3H3. The van der Waals surface area contributed by atoms with Crippen LogP contribution in [0.4, 0.5) is 17.1 Å². The van der Waals surface area contributed by atoms with Crippen molar-refractivity contribution in [2.75, 3.05) is 4.90 Å². The molecule has 2 aliphatic rings. The largest absolute Gasteiger partial charge is 0.309 e. The summed E-state index contributed by atoms with van der Waals surface area (Å²) in [6.07, 6.45) is 0. The van der Waals surface area contributed by atoms with Crippen LogP contribution in [0.1, 0.15) is 48.6 Å². The molecule has 304 valence electrons. The molecular weight excluding hydrogens is 771 g/mol. The zero-order valence-corrected chi connectivity index (χ0v) is 36.4. The smallest absolute Gasteiger partial charge is 0.0618 e. The van der Waals surface area contributed by atoms with Gasteiger partial charge in [-0.05, 0) is 109 Å². The van der Waals surface area contributed by atoms with E-state index in [1.807, 2.05) is 0 Å². The molecule has 1 heteroatoms. The van der Waals surface area contributed by atoms with Crippen LogP contribution in [0.5, 0.6) is 0 Å². The van der Waals surface area contributed by atoms with E-state index in [9.17, 15) is 0 Å². The summed E-state index contributed by atoms with van der Waals surface area (Å²) >= 11 is 0. The van der Waals surface area contributed by atoms with Gasteiger partial charge in [0.15, 0.2) is 0 Å². The maximum absolute atomic E-state index is 2.53. The Labute approximate surface area is 376 Å². The molecule has 0 N–H and O–H groups in total. The van der Waals surface area contributed by atoms with Gasteiger partial charge in [0.05, 0.1) is 11.4 Å². The maximum atomic E-state index is 2.53. The lowest BCUT2D eigenvalue weighted by Gasteiger charge is -2.32. The number of hydrogen-bond donors (Lipinski definition) is 0. The molecule has 0 heterocycles. The third kappa shape index (κ3) is 5.70. The monoisotopic (exact) mass is 817 g/mol. The van der Waals surface area contributed by atoms with Crippen LogP contribution in [0.3, 0.4) is 0 Å². The molecule has 0 amide bonds. The predicted molar refractivity (Wildman–Crippen MR) is 270 cm³/mol. The summed E-state index contributed by atoms with van der Waals surface area (Å²) in [5, 5.41) is 2.40. The molecular formula is C63H47N. The van der Waals surface area contributed by atoms with Crippen LogP contribution in [0.25, 0.3) is 66.4 Å². The zero-order chi connectivity index (χ0) is 43.0. The van der Waals surface area contributed by atoms with E-state index in [1.165, 1.54) is 94.2 Å². The summed E-state index contributed by atoms with van der Waals surface area (Å²) in [5.74, 6) is 0. The van der Waals surface area contributed by atoms with Gasteiger partial charge in [-0.1, -0.05) is 220 Å². The Kier molecular flexibility index (Phi) is 8.71. The Hall–Kier alpha value is -7.74. The second-order valence-electron chi connectivity index (χ2n) is 18.1. The van der Waals surface area contributed by atoms with Crippen LogP contribution in [-0.2, 0) is 10.8 Å². The first-order valence-corrected chi connectivity index (χ1v) is 22.5. The summed E-state index contributed by atoms with van der Waals surface area (Å²) in [6, 6.07) is 85.5. The lowest BCUT2D eigenvalue weighted by molar-refractivity contribution is 0.662. The fourth-order valence-electron chi connectivity index (χ4n) is 11.3. The molecule has 64 heavy (non-hydrogen) atoms. The van der Waals surface area contributed by atoms with Gasteiger partial charge in [0.2, 0.25) is 0 Å². The van der Waals surface area contributed by atoms with E-state index in [2.05, 4.69) is 256 Å². The van der Waals surface area contributed by atoms with Gasteiger partial charge in [0.1, 0.15) is 0 Å². The normalized spacial score (nSPS) is 15.3. The molecule has 10 aromatic rings. The minimum atomic E-state index is -0.264. The quantitative estimate of drug-likeness (QED) is 0.155. The van der Waals surface area contributed by atoms with E-state index in [0.717, 1.165) is 17.1 Å². The molecule has 0 saturated heterocycles. The minimum absolute atomic E-state index is 0.176. The molecule has 0 radical (unpaired) electrons. The number of anilines is 3. The van der Waals surface area contributed by atoms with E-state index in [-0.39, 0.29) is 10.8 Å². The van der Waals surface area contributed by atoms with Crippen LogP contribution in [0, 0.1) is 0 Å². The second-order valence-corrected chi connectivity index (χ2v) is 18.1. The number of nitrogens with zero attached hydrogens (tertiary/aromatic N) is 1. The fourth-order valence-corrected chi connectivity index (χ4v) is 11.3. The Morgan fingerprint density at radius 3 is 1.66 bits per heavy atom. The van der Waals surface area contributed by atoms with E-state index < -0.39 is 0 Å². The minimum Gasteiger partial charge on any atom is -0.309 e. The molecule has 2 aliphatic carbocycles. The number of fused-ring (bicyclic) bond motifs is 7. The first-order valence-electron chi connectivity index (χ1n) is 22.5. The van der Waals surface area contributed by atoms with Gasteiger partial charge in [-0.2, -0.15) is 0 Å². The van der Waals surface area contributed by atoms with Crippen molar-refractivity contribution in [3.8, 4) is 55.6 Å². The highest BCUT2D eigenvalue weighted by atomic mass is 15.1. The van der Waals surface area contributed by atoms with Crippen molar-refractivity contribution in [1.29, 1.82) is 0 Å². The Balaban J connectivity index is 1.06. The molecule has 1 atom stereocenters.